The Morgan fingerprint density at radius 1 is 0.767 bits per heavy atom. The minimum atomic E-state index is -0.920. The topological polar surface area (TPSA) is 20.2 Å². The molecule has 2 saturated carbocycles. The van der Waals surface area contributed by atoms with E-state index in [1.807, 2.05) is 12.1 Å². The number of hydrogen-bond donors (Lipinski definition) is 1. The summed E-state index contributed by atoms with van der Waals surface area (Å²) >= 11 is 0. The highest BCUT2D eigenvalue weighted by Crippen LogP contribution is 2.44. The van der Waals surface area contributed by atoms with Crippen LogP contribution in [0, 0.1) is 29.4 Å². The van der Waals surface area contributed by atoms with Crippen molar-refractivity contribution in [1.82, 2.24) is 0 Å². The molecule has 0 saturated heterocycles. The Kier molecular flexibility index (Phi) is 6.75. The quantitative estimate of drug-likeness (QED) is 0.524. The van der Waals surface area contributed by atoms with Gasteiger partial charge >= 0.3 is 0 Å². The number of aromatic hydroxyl groups is 1. The van der Waals surface area contributed by atoms with Crippen LogP contribution in [-0.4, -0.2) is 5.11 Å². The monoisotopic (exact) mass is 412 g/mol. The molecule has 0 unspecified atom stereocenters. The Labute approximate surface area is 179 Å². The van der Waals surface area contributed by atoms with Crippen molar-refractivity contribution in [2.45, 2.75) is 77.0 Å². The van der Waals surface area contributed by atoms with Gasteiger partial charge in [0.2, 0.25) is 0 Å². The van der Waals surface area contributed by atoms with Crippen LogP contribution in [0.3, 0.4) is 0 Å². The number of phenolic OH excluding ortho intramolecular Hbond substituents is 1. The lowest BCUT2D eigenvalue weighted by atomic mass is 9.68. The third-order valence-corrected chi connectivity index (χ3v) is 7.76. The van der Waals surface area contributed by atoms with Crippen molar-refractivity contribution in [3.05, 3.63) is 53.6 Å². The molecule has 0 aromatic heterocycles. The lowest BCUT2D eigenvalue weighted by molar-refractivity contribution is 0.156. The van der Waals surface area contributed by atoms with Crippen molar-refractivity contribution < 1.29 is 13.9 Å². The van der Waals surface area contributed by atoms with Gasteiger partial charge in [0.25, 0.3) is 0 Å². The molecule has 2 aromatic carbocycles. The minimum absolute atomic E-state index is 0.455. The van der Waals surface area contributed by atoms with E-state index in [9.17, 15) is 13.9 Å². The highest BCUT2D eigenvalue weighted by Gasteiger charge is 2.31. The first-order valence-electron chi connectivity index (χ1n) is 11.8. The fourth-order valence-corrected chi connectivity index (χ4v) is 5.96. The second kappa shape index (κ2) is 9.49. The summed E-state index contributed by atoms with van der Waals surface area (Å²) in [5, 5.41) is 9.29. The van der Waals surface area contributed by atoms with Gasteiger partial charge in [0.05, 0.1) is 0 Å². The van der Waals surface area contributed by atoms with Crippen molar-refractivity contribution in [1.29, 1.82) is 0 Å². The van der Waals surface area contributed by atoms with Gasteiger partial charge in [-0.15, -0.1) is 0 Å². The first-order chi connectivity index (χ1) is 14.5. The van der Waals surface area contributed by atoms with Crippen LogP contribution in [0.1, 0.15) is 82.6 Å². The molecule has 3 heteroatoms. The molecular formula is C27H34F2O. The molecule has 30 heavy (non-hydrogen) atoms. The van der Waals surface area contributed by atoms with Crippen molar-refractivity contribution in [2.24, 2.45) is 17.8 Å². The molecular weight excluding hydrogens is 378 g/mol. The summed E-state index contributed by atoms with van der Waals surface area (Å²) in [4.78, 5) is 0. The van der Waals surface area contributed by atoms with E-state index < -0.39 is 17.4 Å². The van der Waals surface area contributed by atoms with Crippen LogP contribution < -0.4 is 0 Å². The van der Waals surface area contributed by atoms with Crippen molar-refractivity contribution in [2.75, 3.05) is 0 Å². The summed E-state index contributed by atoms with van der Waals surface area (Å²) in [6.45, 7) is 2.31. The third kappa shape index (κ3) is 4.71. The predicted octanol–water partition coefficient (Wildman–Crippen LogP) is 8.22. The normalized spacial score (nSPS) is 27.2. The molecule has 4 rings (SSSR count). The highest BCUT2D eigenvalue weighted by molar-refractivity contribution is 5.65. The maximum Gasteiger partial charge on any atom is 0.187 e. The van der Waals surface area contributed by atoms with Crippen molar-refractivity contribution >= 4 is 0 Å². The van der Waals surface area contributed by atoms with Gasteiger partial charge in [0.15, 0.2) is 17.4 Å². The smallest absolute Gasteiger partial charge is 0.187 e. The molecule has 0 spiro atoms. The average molecular weight is 413 g/mol. The third-order valence-electron chi connectivity index (χ3n) is 7.76. The van der Waals surface area contributed by atoms with Gasteiger partial charge in [0.1, 0.15) is 0 Å². The van der Waals surface area contributed by atoms with Crippen molar-refractivity contribution in [3.8, 4) is 16.9 Å². The maximum absolute atomic E-state index is 13.7. The first kappa shape index (κ1) is 21.3. The van der Waals surface area contributed by atoms with E-state index in [2.05, 4.69) is 19.1 Å². The molecule has 2 aliphatic rings. The molecule has 0 bridgehead atoms. The van der Waals surface area contributed by atoms with Crippen LogP contribution in [0.5, 0.6) is 5.75 Å². The zero-order valence-electron chi connectivity index (χ0n) is 18.0. The van der Waals surface area contributed by atoms with Crippen LogP contribution in [0.4, 0.5) is 8.78 Å². The van der Waals surface area contributed by atoms with Crippen LogP contribution in [0.2, 0.25) is 0 Å². The Morgan fingerprint density at radius 2 is 1.30 bits per heavy atom. The second-order valence-electron chi connectivity index (χ2n) is 9.59. The molecule has 0 amide bonds. The summed E-state index contributed by atoms with van der Waals surface area (Å²) in [6.07, 6.45) is 13.7. The maximum atomic E-state index is 13.7. The number of benzene rings is 2. The number of halogens is 2. The number of rotatable bonds is 5. The van der Waals surface area contributed by atoms with Gasteiger partial charge in [-0.25, -0.2) is 8.78 Å². The molecule has 1 N–H and O–H groups in total. The minimum Gasteiger partial charge on any atom is -0.503 e. The number of phenols is 1. The summed E-state index contributed by atoms with van der Waals surface area (Å²) < 4.78 is 27.3. The molecule has 2 fully saturated rings. The molecule has 2 aromatic rings. The van der Waals surface area contributed by atoms with Gasteiger partial charge in [0, 0.05) is 0 Å². The summed E-state index contributed by atoms with van der Waals surface area (Å²) in [7, 11) is 0. The van der Waals surface area contributed by atoms with E-state index in [0.717, 1.165) is 23.3 Å². The summed E-state index contributed by atoms with van der Waals surface area (Å²) in [5.74, 6) is 0.682. The Balaban J connectivity index is 1.33. The van der Waals surface area contributed by atoms with Crippen LogP contribution >= 0.6 is 0 Å². The SMILES string of the molecule is CCCC1CCC(C2CCC(c3ccc(-c4cc(F)c(O)c(F)c4)cc3)CC2)CC1. The van der Waals surface area contributed by atoms with Crippen LogP contribution in [0.25, 0.3) is 11.1 Å². The standard InChI is InChI=1S/C27H34F2O/c1-2-3-18-4-6-19(7-5-18)20-8-10-21(11-9-20)22-12-14-23(15-13-22)24-16-25(28)27(30)26(29)17-24/h12-21,30H,2-11H2,1H3. The van der Waals surface area contributed by atoms with Gasteiger partial charge in [-0.3, -0.25) is 0 Å². The summed E-state index contributed by atoms with van der Waals surface area (Å²) in [5.41, 5.74) is 2.56. The predicted molar refractivity (Wildman–Crippen MR) is 119 cm³/mol. The van der Waals surface area contributed by atoms with Crippen molar-refractivity contribution in [3.63, 3.8) is 0 Å². The Hall–Kier alpha value is -1.90. The number of hydrogen-bond acceptors (Lipinski definition) is 1. The van der Waals surface area contributed by atoms with Gasteiger partial charge in [-0.2, -0.15) is 0 Å². The molecule has 162 valence electrons. The van der Waals surface area contributed by atoms with Gasteiger partial charge in [-0.05, 0) is 91.0 Å². The Morgan fingerprint density at radius 3 is 1.83 bits per heavy atom. The molecule has 2 aliphatic carbocycles. The molecule has 0 heterocycles. The molecule has 0 radical (unpaired) electrons. The highest BCUT2D eigenvalue weighted by atomic mass is 19.1. The zero-order valence-corrected chi connectivity index (χ0v) is 18.0. The van der Waals surface area contributed by atoms with E-state index in [4.69, 9.17) is 0 Å². The fraction of sp³-hybridized carbons (Fsp3) is 0.556. The van der Waals surface area contributed by atoms with E-state index in [0.29, 0.717) is 11.5 Å². The van der Waals surface area contributed by atoms with Crippen LogP contribution in [0.15, 0.2) is 36.4 Å². The largest absolute Gasteiger partial charge is 0.503 e. The first-order valence-corrected chi connectivity index (χ1v) is 11.8. The lowest BCUT2D eigenvalue weighted by Gasteiger charge is -2.38. The van der Waals surface area contributed by atoms with E-state index >= 15 is 0 Å². The molecule has 0 aliphatic heterocycles. The Bertz CT molecular complexity index is 805. The molecule has 1 nitrogen and oxygen atoms in total. The zero-order chi connectivity index (χ0) is 21.1. The van der Waals surface area contributed by atoms with Gasteiger partial charge in [-0.1, -0.05) is 56.9 Å². The van der Waals surface area contributed by atoms with Crippen LogP contribution in [-0.2, 0) is 0 Å². The average Bonchev–Trinajstić information content (AvgIpc) is 2.78. The van der Waals surface area contributed by atoms with E-state index in [1.54, 1.807) is 0 Å². The van der Waals surface area contributed by atoms with Gasteiger partial charge < -0.3 is 5.11 Å². The fourth-order valence-electron chi connectivity index (χ4n) is 5.96. The van der Waals surface area contributed by atoms with E-state index in [-0.39, 0.29) is 0 Å². The van der Waals surface area contributed by atoms with E-state index in [1.165, 1.54) is 81.9 Å². The molecule has 0 atom stereocenters. The second-order valence-corrected chi connectivity index (χ2v) is 9.59. The lowest BCUT2D eigenvalue weighted by Crippen LogP contribution is -2.25. The summed E-state index contributed by atoms with van der Waals surface area (Å²) in [6, 6.07) is 10.5.